The Morgan fingerprint density at radius 3 is 2.35 bits per heavy atom. The zero-order valence-corrected chi connectivity index (χ0v) is 14.8. The number of ether oxygens (including phenoxy) is 2. The molecule has 0 aromatic heterocycles. The Labute approximate surface area is 141 Å². The highest BCUT2D eigenvalue weighted by Crippen LogP contribution is 2.33. The van der Waals surface area contributed by atoms with E-state index in [0.717, 1.165) is 12.1 Å². The van der Waals surface area contributed by atoms with Gasteiger partial charge in [-0.1, -0.05) is 15.9 Å². The first-order chi connectivity index (χ1) is 10.5. The van der Waals surface area contributed by atoms with E-state index in [-0.39, 0.29) is 16.8 Å². The van der Waals surface area contributed by atoms with Crippen molar-refractivity contribution >= 4 is 33.7 Å². The van der Waals surface area contributed by atoms with Crippen molar-refractivity contribution in [2.24, 2.45) is 0 Å². The molecule has 1 aromatic carbocycles. The molecule has 1 aromatic rings. The van der Waals surface area contributed by atoms with Gasteiger partial charge in [0.05, 0.1) is 6.61 Å². The number of carbonyl (C=O) groups excluding carboxylic acids is 2. The lowest BCUT2D eigenvalue weighted by molar-refractivity contribution is -0.173. The summed E-state index contributed by atoms with van der Waals surface area (Å²) in [5.41, 5.74) is -1.27. The van der Waals surface area contributed by atoms with Crippen LogP contribution in [0.4, 0.5) is 19.3 Å². The molecule has 0 aliphatic carbocycles. The van der Waals surface area contributed by atoms with Gasteiger partial charge in [0.25, 0.3) is 0 Å². The predicted octanol–water partition coefficient (Wildman–Crippen LogP) is 4.45. The predicted molar refractivity (Wildman–Crippen MR) is 84.5 cm³/mol. The number of carbonyl (C=O) groups is 2. The van der Waals surface area contributed by atoms with Crippen molar-refractivity contribution in [3.8, 4) is 0 Å². The maximum atomic E-state index is 14.1. The van der Waals surface area contributed by atoms with Gasteiger partial charge in [-0.05, 0) is 45.9 Å². The fourth-order valence-electron chi connectivity index (χ4n) is 1.60. The van der Waals surface area contributed by atoms with Crippen molar-refractivity contribution in [3.63, 3.8) is 0 Å². The van der Waals surface area contributed by atoms with Gasteiger partial charge >= 0.3 is 18.0 Å². The Morgan fingerprint density at radius 2 is 1.83 bits per heavy atom. The van der Waals surface area contributed by atoms with Crippen LogP contribution in [0.3, 0.4) is 0 Å². The standard InChI is InChI=1S/C15H18BrF2NO4/c1-5-22-12(20)15(17,18)9-6-10(16)8-11(7-9)19-13(21)23-14(2,3)4/h6-8H,5H2,1-4H3,(H,19,21). The number of anilines is 1. The molecule has 1 N–H and O–H groups in total. The van der Waals surface area contributed by atoms with E-state index in [9.17, 15) is 18.4 Å². The van der Waals surface area contributed by atoms with Crippen molar-refractivity contribution in [1.29, 1.82) is 0 Å². The molecule has 0 saturated carbocycles. The largest absolute Gasteiger partial charge is 0.461 e. The van der Waals surface area contributed by atoms with Crippen molar-refractivity contribution in [1.82, 2.24) is 0 Å². The number of benzene rings is 1. The Morgan fingerprint density at radius 1 is 1.22 bits per heavy atom. The normalized spacial score (nSPS) is 11.8. The van der Waals surface area contributed by atoms with Gasteiger partial charge in [0.2, 0.25) is 0 Å². The molecule has 0 spiro atoms. The molecule has 0 aliphatic heterocycles. The molecular formula is C15H18BrF2NO4. The minimum Gasteiger partial charge on any atom is -0.461 e. The third-order valence-electron chi connectivity index (χ3n) is 2.44. The Balaban J connectivity index is 3.04. The minimum atomic E-state index is -3.83. The molecule has 1 amide bonds. The van der Waals surface area contributed by atoms with E-state index < -0.39 is 29.1 Å². The third-order valence-corrected chi connectivity index (χ3v) is 2.90. The molecule has 128 valence electrons. The summed E-state index contributed by atoms with van der Waals surface area (Å²) in [6.07, 6.45) is -0.791. The summed E-state index contributed by atoms with van der Waals surface area (Å²) in [5, 5.41) is 2.35. The number of hydrogen-bond donors (Lipinski definition) is 1. The maximum Gasteiger partial charge on any atom is 0.412 e. The number of nitrogens with one attached hydrogen (secondary N) is 1. The summed E-state index contributed by atoms with van der Waals surface area (Å²) < 4.78 is 37.8. The first-order valence-corrected chi connectivity index (χ1v) is 7.61. The fourth-order valence-corrected chi connectivity index (χ4v) is 2.10. The third kappa shape index (κ3) is 5.78. The van der Waals surface area contributed by atoms with Crippen molar-refractivity contribution in [3.05, 3.63) is 28.2 Å². The molecule has 1 rings (SSSR count). The van der Waals surface area contributed by atoms with Crippen LogP contribution in [0.2, 0.25) is 0 Å². The smallest absolute Gasteiger partial charge is 0.412 e. The summed E-state index contributed by atoms with van der Waals surface area (Å²) in [6, 6.07) is 3.48. The molecule has 0 aliphatic rings. The highest BCUT2D eigenvalue weighted by Gasteiger charge is 2.43. The lowest BCUT2D eigenvalue weighted by atomic mass is 10.1. The van der Waals surface area contributed by atoms with E-state index in [4.69, 9.17) is 4.74 Å². The fraction of sp³-hybridized carbons (Fsp3) is 0.467. The molecule has 0 unspecified atom stereocenters. The molecule has 0 atom stereocenters. The van der Waals surface area contributed by atoms with Gasteiger partial charge < -0.3 is 9.47 Å². The first kappa shape index (κ1) is 19.3. The zero-order chi connectivity index (χ0) is 17.8. The highest BCUT2D eigenvalue weighted by atomic mass is 79.9. The molecule has 0 fully saturated rings. The topological polar surface area (TPSA) is 64.6 Å². The molecule has 8 heteroatoms. The van der Waals surface area contributed by atoms with E-state index in [1.165, 1.54) is 13.0 Å². The SMILES string of the molecule is CCOC(=O)C(F)(F)c1cc(Br)cc(NC(=O)OC(C)(C)C)c1. The Hall–Kier alpha value is -1.70. The molecule has 0 saturated heterocycles. The zero-order valence-electron chi connectivity index (χ0n) is 13.2. The summed E-state index contributed by atoms with van der Waals surface area (Å²) in [6.45, 7) is 6.30. The van der Waals surface area contributed by atoms with Crippen LogP contribution >= 0.6 is 15.9 Å². The number of halogens is 3. The van der Waals surface area contributed by atoms with E-state index in [1.807, 2.05) is 0 Å². The van der Waals surface area contributed by atoms with Gasteiger partial charge in [-0.25, -0.2) is 9.59 Å². The second-order valence-corrected chi connectivity index (χ2v) is 6.57. The second-order valence-electron chi connectivity index (χ2n) is 5.65. The average Bonchev–Trinajstić information content (AvgIpc) is 2.35. The summed E-state index contributed by atoms with van der Waals surface area (Å²) in [7, 11) is 0. The monoisotopic (exact) mass is 393 g/mol. The lowest BCUT2D eigenvalue weighted by Gasteiger charge is -2.20. The van der Waals surface area contributed by atoms with Gasteiger partial charge in [-0.15, -0.1) is 0 Å². The van der Waals surface area contributed by atoms with Crippen LogP contribution in [-0.2, 0) is 20.2 Å². The van der Waals surface area contributed by atoms with E-state index in [0.29, 0.717) is 0 Å². The average molecular weight is 394 g/mol. The van der Waals surface area contributed by atoms with E-state index >= 15 is 0 Å². The summed E-state index contributed by atoms with van der Waals surface area (Å²) in [4.78, 5) is 23.1. The quantitative estimate of drug-likeness (QED) is 0.767. The minimum absolute atomic E-state index is 0.0626. The molecule has 23 heavy (non-hydrogen) atoms. The second kappa shape index (κ2) is 7.25. The molecular weight excluding hydrogens is 376 g/mol. The Kier molecular flexibility index (Phi) is 6.10. The number of rotatable bonds is 4. The van der Waals surface area contributed by atoms with Crippen molar-refractivity contribution in [2.75, 3.05) is 11.9 Å². The lowest BCUT2D eigenvalue weighted by Crippen LogP contribution is -2.29. The Bertz CT molecular complexity index is 600. The van der Waals surface area contributed by atoms with Gasteiger partial charge in [0.1, 0.15) is 5.60 Å². The van der Waals surface area contributed by atoms with Gasteiger partial charge in [-0.2, -0.15) is 8.78 Å². The molecule has 0 heterocycles. The molecule has 5 nitrogen and oxygen atoms in total. The van der Waals surface area contributed by atoms with E-state index in [1.54, 1.807) is 20.8 Å². The van der Waals surface area contributed by atoms with Crippen LogP contribution in [0.5, 0.6) is 0 Å². The van der Waals surface area contributed by atoms with Crippen LogP contribution in [0.15, 0.2) is 22.7 Å². The maximum absolute atomic E-state index is 14.1. The van der Waals surface area contributed by atoms with Crippen LogP contribution in [0.25, 0.3) is 0 Å². The van der Waals surface area contributed by atoms with Crippen LogP contribution < -0.4 is 5.32 Å². The van der Waals surface area contributed by atoms with Crippen LogP contribution in [-0.4, -0.2) is 24.3 Å². The summed E-state index contributed by atoms with van der Waals surface area (Å²) >= 11 is 3.07. The van der Waals surface area contributed by atoms with Crippen LogP contribution in [0, 0.1) is 0 Å². The molecule has 0 radical (unpaired) electrons. The van der Waals surface area contributed by atoms with Gasteiger partial charge in [0, 0.05) is 15.7 Å². The number of alkyl halides is 2. The van der Waals surface area contributed by atoms with Crippen LogP contribution in [0.1, 0.15) is 33.3 Å². The van der Waals surface area contributed by atoms with Crippen molar-refractivity contribution in [2.45, 2.75) is 39.2 Å². The van der Waals surface area contributed by atoms with E-state index in [2.05, 4.69) is 26.0 Å². The molecule has 0 bridgehead atoms. The first-order valence-electron chi connectivity index (χ1n) is 6.82. The van der Waals surface area contributed by atoms with Crippen molar-refractivity contribution < 1.29 is 27.8 Å². The number of hydrogen-bond acceptors (Lipinski definition) is 4. The van der Waals surface area contributed by atoms with Gasteiger partial charge in [0.15, 0.2) is 0 Å². The van der Waals surface area contributed by atoms with Gasteiger partial charge in [-0.3, -0.25) is 5.32 Å². The highest BCUT2D eigenvalue weighted by molar-refractivity contribution is 9.10. The summed E-state index contributed by atoms with van der Waals surface area (Å²) in [5.74, 6) is -5.48. The number of amides is 1. The number of esters is 1.